The third-order valence-electron chi connectivity index (χ3n) is 4.73. The molecule has 130 valence electrons. The maximum atomic E-state index is 12.8. The predicted octanol–water partition coefficient (Wildman–Crippen LogP) is 4.48. The number of rotatable bonds is 5. The van der Waals surface area contributed by atoms with Crippen LogP contribution in [0.5, 0.6) is 0 Å². The number of amides is 2. The minimum atomic E-state index is -0.951. The molecule has 0 saturated heterocycles. The Bertz CT molecular complexity index is 807. The number of aryl methyl sites for hydroxylation is 1. The van der Waals surface area contributed by atoms with E-state index in [1.165, 1.54) is 0 Å². The lowest BCUT2D eigenvalue weighted by molar-refractivity contribution is -0.131. The van der Waals surface area contributed by atoms with Gasteiger partial charge in [0, 0.05) is 11.4 Å². The second-order valence-corrected chi connectivity index (χ2v) is 7.10. The van der Waals surface area contributed by atoms with E-state index in [0.717, 1.165) is 22.5 Å². The Hall–Kier alpha value is -2.62. The highest BCUT2D eigenvalue weighted by Crippen LogP contribution is 2.47. The lowest BCUT2D eigenvalue weighted by Gasteiger charge is -2.18. The van der Waals surface area contributed by atoms with Gasteiger partial charge in [-0.1, -0.05) is 44.2 Å². The minimum Gasteiger partial charge on any atom is -0.325 e. The van der Waals surface area contributed by atoms with E-state index >= 15 is 0 Å². The summed E-state index contributed by atoms with van der Waals surface area (Å²) in [5, 5.41) is 5.86. The Labute approximate surface area is 148 Å². The van der Waals surface area contributed by atoms with Gasteiger partial charge in [0.2, 0.25) is 11.8 Å². The van der Waals surface area contributed by atoms with E-state index in [1.807, 2.05) is 55.5 Å². The maximum Gasteiger partial charge on any atom is 0.240 e. The summed E-state index contributed by atoms with van der Waals surface area (Å²) in [6, 6.07) is 15.4. The van der Waals surface area contributed by atoms with E-state index in [4.69, 9.17) is 0 Å². The topological polar surface area (TPSA) is 58.2 Å². The molecule has 0 heterocycles. The normalized spacial score (nSPS) is 14.9. The summed E-state index contributed by atoms with van der Waals surface area (Å²) in [5.74, 6) is -0.142. The van der Waals surface area contributed by atoms with Crippen molar-refractivity contribution in [3.8, 4) is 0 Å². The van der Waals surface area contributed by atoms with Gasteiger partial charge in [0.25, 0.3) is 0 Å². The second-order valence-electron chi connectivity index (χ2n) is 7.10. The lowest BCUT2D eigenvalue weighted by atomic mass is 9.99. The van der Waals surface area contributed by atoms with Gasteiger partial charge >= 0.3 is 0 Å². The standard InChI is InChI=1S/C21H24N2O2/c1-14(2)17-9-4-5-10-18(17)23-20(25)21(11-12-21)19(24)22-16-8-6-7-15(3)13-16/h4-10,13-14H,11-12H2,1-3H3,(H,22,24)(H,23,25). The van der Waals surface area contributed by atoms with E-state index in [2.05, 4.69) is 24.5 Å². The average Bonchev–Trinajstić information content (AvgIpc) is 3.37. The van der Waals surface area contributed by atoms with Crippen molar-refractivity contribution >= 4 is 23.2 Å². The predicted molar refractivity (Wildman–Crippen MR) is 101 cm³/mol. The second kappa shape index (κ2) is 6.71. The van der Waals surface area contributed by atoms with Crippen LogP contribution in [0.25, 0.3) is 0 Å². The summed E-state index contributed by atoms with van der Waals surface area (Å²) in [4.78, 5) is 25.5. The first-order valence-electron chi connectivity index (χ1n) is 8.71. The van der Waals surface area contributed by atoms with Gasteiger partial charge in [-0.25, -0.2) is 0 Å². The minimum absolute atomic E-state index is 0.217. The molecule has 2 N–H and O–H groups in total. The van der Waals surface area contributed by atoms with Crippen LogP contribution in [0.4, 0.5) is 11.4 Å². The van der Waals surface area contributed by atoms with E-state index in [1.54, 1.807) is 0 Å². The molecule has 2 aromatic rings. The maximum absolute atomic E-state index is 12.8. The fourth-order valence-electron chi connectivity index (χ4n) is 3.01. The molecule has 4 heteroatoms. The van der Waals surface area contributed by atoms with Crippen LogP contribution in [-0.2, 0) is 9.59 Å². The molecule has 3 rings (SSSR count). The zero-order chi connectivity index (χ0) is 18.0. The molecule has 0 unspecified atom stereocenters. The lowest BCUT2D eigenvalue weighted by Crippen LogP contribution is -2.35. The van der Waals surface area contributed by atoms with Gasteiger partial charge in [-0.3, -0.25) is 9.59 Å². The number of nitrogens with one attached hydrogen (secondary N) is 2. The number of benzene rings is 2. The zero-order valence-corrected chi connectivity index (χ0v) is 14.9. The Morgan fingerprint density at radius 3 is 2.28 bits per heavy atom. The molecular weight excluding hydrogens is 312 g/mol. The van der Waals surface area contributed by atoms with Gasteiger partial charge in [-0.2, -0.15) is 0 Å². The van der Waals surface area contributed by atoms with Crippen molar-refractivity contribution < 1.29 is 9.59 Å². The van der Waals surface area contributed by atoms with Gasteiger partial charge in [0.1, 0.15) is 5.41 Å². The Morgan fingerprint density at radius 1 is 0.960 bits per heavy atom. The molecule has 1 saturated carbocycles. The molecular formula is C21H24N2O2. The molecule has 0 atom stereocenters. The number of para-hydroxylation sites is 1. The van der Waals surface area contributed by atoms with Crippen molar-refractivity contribution in [3.05, 3.63) is 59.7 Å². The van der Waals surface area contributed by atoms with Crippen LogP contribution < -0.4 is 10.6 Å². The number of carbonyl (C=O) groups is 2. The SMILES string of the molecule is Cc1cccc(NC(=O)C2(C(=O)Nc3ccccc3C(C)C)CC2)c1. The molecule has 4 nitrogen and oxygen atoms in total. The van der Waals surface area contributed by atoms with Gasteiger partial charge in [-0.15, -0.1) is 0 Å². The molecule has 0 spiro atoms. The molecule has 1 aliphatic rings. The van der Waals surface area contributed by atoms with Gasteiger partial charge < -0.3 is 10.6 Å². The van der Waals surface area contributed by atoms with E-state index in [-0.39, 0.29) is 11.8 Å². The molecule has 0 bridgehead atoms. The van der Waals surface area contributed by atoms with Gasteiger partial charge in [0.05, 0.1) is 0 Å². The molecule has 0 radical (unpaired) electrons. The van der Waals surface area contributed by atoms with Crippen LogP contribution in [0, 0.1) is 12.3 Å². The summed E-state index contributed by atoms with van der Waals surface area (Å²) < 4.78 is 0. The molecule has 1 aliphatic carbocycles. The summed E-state index contributed by atoms with van der Waals surface area (Å²) in [5.41, 5.74) is 2.71. The molecule has 25 heavy (non-hydrogen) atoms. The van der Waals surface area contributed by atoms with Crippen LogP contribution >= 0.6 is 0 Å². The summed E-state index contributed by atoms with van der Waals surface area (Å²) in [6.45, 7) is 6.14. The Balaban J connectivity index is 1.74. The fraction of sp³-hybridized carbons (Fsp3) is 0.333. The monoisotopic (exact) mass is 336 g/mol. The number of anilines is 2. The largest absolute Gasteiger partial charge is 0.325 e. The highest BCUT2D eigenvalue weighted by molar-refractivity contribution is 6.17. The van der Waals surface area contributed by atoms with E-state index in [9.17, 15) is 9.59 Å². The first kappa shape index (κ1) is 17.2. The molecule has 1 fully saturated rings. The highest BCUT2D eigenvalue weighted by atomic mass is 16.2. The first-order valence-corrected chi connectivity index (χ1v) is 8.71. The number of carbonyl (C=O) groups excluding carboxylic acids is 2. The van der Waals surface area contributed by atoms with E-state index < -0.39 is 5.41 Å². The Kier molecular flexibility index (Phi) is 4.62. The van der Waals surface area contributed by atoms with Crippen molar-refractivity contribution in [2.75, 3.05) is 10.6 Å². The smallest absolute Gasteiger partial charge is 0.240 e. The van der Waals surface area contributed by atoms with Crippen LogP contribution in [0.2, 0.25) is 0 Å². The van der Waals surface area contributed by atoms with Crippen LogP contribution in [0.3, 0.4) is 0 Å². The van der Waals surface area contributed by atoms with Crippen molar-refractivity contribution in [1.29, 1.82) is 0 Å². The Morgan fingerprint density at radius 2 is 1.64 bits per heavy atom. The van der Waals surface area contributed by atoms with Crippen LogP contribution in [0.15, 0.2) is 48.5 Å². The van der Waals surface area contributed by atoms with Gasteiger partial charge in [-0.05, 0) is 55.0 Å². The third kappa shape index (κ3) is 3.58. The van der Waals surface area contributed by atoms with Crippen molar-refractivity contribution in [2.45, 2.75) is 39.5 Å². The fourth-order valence-corrected chi connectivity index (χ4v) is 3.01. The third-order valence-corrected chi connectivity index (χ3v) is 4.73. The van der Waals surface area contributed by atoms with Crippen molar-refractivity contribution in [3.63, 3.8) is 0 Å². The molecule has 2 aromatic carbocycles. The quantitative estimate of drug-likeness (QED) is 0.791. The molecule has 0 aliphatic heterocycles. The van der Waals surface area contributed by atoms with Gasteiger partial charge in [0.15, 0.2) is 0 Å². The molecule has 0 aromatic heterocycles. The van der Waals surface area contributed by atoms with Crippen molar-refractivity contribution in [1.82, 2.24) is 0 Å². The number of hydrogen-bond acceptors (Lipinski definition) is 2. The zero-order valence-electron chi connectivity index (χ0n) is 14.9. The summed E-state index contributed by atoms with van der Waals surface area (Å²) in [7, 11) is 0. The highest BCUT2D eigenvalue weighted by Gasteiger charge is 2.56. The first-order chi connectivity index (χ1) is 11.9. The average molecular weight is 336 g/mol. The molecule has 2 amide bonds. The van der Waals surface area contributed by atoms with Crippen LogP contribution in [0.1, 0.15) is 43.7 Å². The summed E-state index contributed by atoms with van der Waals surface area (Å²) >= 11 is 0. The van der Waals surface area contributed by atoms with E-state index in [0.29, 0.717) is 18.8 Å². The number of hydrogen-bond donors (Lipinski definition) is 2. The summed E-state index contributed by atoms with van der Waals surface area (Å²) in [6.07, 6.45) is 1.17. The van der Waals surface area contributed by atoms with Crippen LogP contribution in [-0.4, -0.2) is 11.8 Å². The van der Waals surface area contributed by atoms with Crippen molar-refractivity contribution in [2.24, 2.45) is 5.41 Å².